The molecule has 0 aromatic carbocycles. The van der Waals surface area contributed by atoms with Crippen molar-refractivity contribution in [3.63, 3.8) is 0 Å². The number of nitrogens with zero attached hydrogens (tertiary/aromatic N) is 2. The third-order valence-corrected chi connectivity index (χ3v) is 3.05. The van der Waals surface area contributed by atoms with Crippen LogP contribution in [0.2, 0.25) is 0 Å². The van der Waals surface area contributed by atoms with Gasteiger partial charge in [-0.1, -0.05) is 0 Å². The van der Waals surface area contributed by atoms with Crippen molar-refractivity contribution in [2.45, 2.75) is 24.4 Å². The number of hydrogen-bond acceptors (Lipinski definition) is 6. The zero-order valence-electron chi connectivity index (χ0n) is 9.34. The van der Waals surface area contributed by atoms with Crippen molar-refractivity contribution in [1.82, 2.24) is 9.97 Å². The van der Waals surface area contributed by atoms with Crippen LogP contribution in [0.15, 0.2) is 23.6 Å². The van der Waals surface area contributed by atoms with Gasteiger partial charge in [0.25, 0.3) is 0 Å². The van der Waals surface area contributed by atoms with Crippen LogP contribution in [0.3, 0.4) is 0 Å². The number of esters is 1. The Bertz CT molecular complexity index is 343. The fourth-order valence-electron chi connectivity index (χ4n) is 0.939. The summed E-state index contributed by atoms with van der Waals surface area (Å²) in [4.78, 5) is 19.5. The summed E-state index contributed by atoms with van der Waals surface area (Å²) in [6.45, 7) is 3.74. The Morgan fingerprint density at radius 1 is 1.62 bits per heavy atom. The molecule has 0 radical (unpaired) electrons. The van der Waals surface area contributed by atoms with Gasteiger partial charge in [0, 0.05) is 18.1 Å². The molecule has 0 amide bonds. The van der Waals surface area contributed by atoms with Crippen LogP contribution >= 0.6 is 11.8 Å². The molecule has 88 valence electrons. The van der Waals surface area contributed by atoms with Crippen LogP contribution in [0.5, 0.6) is 0 Å². The summed E-state index contributed by atoms with van der Waals surface area (Å²) < 4.78 is 4.88. The van der Waals surface area contributed by atoms with E-state index in [9.17, 15) is 4.79 Å². The highest BCUT2D eigenvalue weighted by Gasteiger charge is 2.30. The Kier molecular flexibility index (Phi) is 4.70. The number of carbonyl (C=O) groups excluding carboxylic acids is 1. The number of aromatic nitrogens is 2. The van der Waals surface area contributed by atoms with E-state index in [-0.39, 0.29) is 0 Å². The summed E-state index contributed by atoms with van der Waals surface area (Å²) in [6, 6.07) is 0. The molecule has 0 fully saturated rings. The third kappa shape index (κ3) is 3.79. The summed E-state index contributed by atoms with van der Waals surface area (Å²) >= 11 is 1.38. The summed E-state index contributed by atoms with van der Waals surface area (Å²) in [5.74, 6) is 0.0104. The molecule has 16 heavy (non-hydrogen) atoms. The standard InChI is InChI=1S/C10H15N3O2S/c1-3-15-9(14)10(2,11)7-16-8-6-12-4-5-13-8/h4-6H,3,7,11H2,1-2H3. The number of carbonyl (C=O) groups is 1. The van der Waals surface area contributed by atoms with Gasteiger partial charge in [0.05, 0.1) is 12.8 Å². The molecule has 0 saturated heterocycles. The van der Waals surface area contributed by atoms with Gasteiger partial charge >= 0.3 is 5.97 Å². The monoisotopic (exact) mass is 241 g/mol. The molecular weight excluding hydrogens is 226 g/mol. The van der Waals surface area contributed by atoms with Crippen LogP contribution in [-0.2, 0) is 9.53 Å². The first kappa shape index (κ1) is 12.9. The molecule has 0 saturated carbocycles. The highest BCUT2D eigenvalue weighted by molar-refractivity contribution is 7.99. The molecule has 1 aromatic heterocycles. The van der Waals surface area contributed by atoms with Gasteiger partial charge in [-0.3, -0.25) is 9.78 Å². The first-order chi connectivity index (χ1) is 7.56. The topological polar surface area (TPSA) is 78.1 Å². The van der Waals surface area contributed by atoms with E-state index in [1.807, 2.05) is 0 Å². The van der Waals surface area contributed by atoms with Crippen LogP contribution in [0.25, 0.3) is 0 Å². The van der Waals surface area contributed by atoms with Crippen LogP contribution in [0, 0.1) is 0 Å². The molecule has 0 aliphatic carbocycles. The fraction of sp³-hybridized carbons (Fsp3) is 0.500. The minimum Gasteiger partial charge on any atom is -0.465 e. The molecule has 1 unspecified atom stereocenters. The van der Waals surface area contributed by atoms with Gasteiger partial charge in [-0.2, -0.15) is 0 Å². The van der Waals surface area contributed by atoms with Crippen molar-refractivity contribution < 1.29 is 9.53 Å². The van der Waals surface area contributed by atoms with Crippen LogP contribution in [-0.4, -0.2) is 33.8 Å². The molecule has 0 aliphatic rings. The van der Waals surface area contributed by atoms with E-state index >= 15 is 0 Å². The molecule has 1 heterocycles. The normalized spacial score (nSPS) is 14.2. The molecule has 1 aromatic rings. The maximum absolute atomic E-state index is 11.5. The maximum atomic E-state index is 11.5. The first-order valence-electron chi connectivity index (χ1n) is 4.91. The smallest absolute Gasteiger partial charge is 0.326 e. The lowest BCUT2D eigenvalue weighted by molar-refractivity contribution is -0.148. The van der Waals surface area contributed by atoms with Gasteiger partial charge in [0.15, 0.2) is 0 Å². The van der Waals surface area contributed by atoms with Gasteiger partial charge in [0.1, 0.15) is 10.6 Å². The molecular formula is C10H15N3O2S. The van der Waals surface area contributed by atoms with E-state index in [1.165, 1.54) is 11.8 Å². The van der Waals surface area contributed by atoms with Crippen molar-refractivity contribution in [2.24, 2.45) is 5.73 Å². The molecule has 0 bridgehead atoms. The predicted molar refractivity (Wildman–Crippen MR) is 62.0 cm³/mol. The minimum absolute atomic E-state index is 0.335. The van der Waals surface area contributed by atoms with E-state index in [4.69, 9.17) is 10.5 Å². The average molecular weight is 241 g/mol. The predicted octanol–water partition coefficient (Wildman–Crippen LogP) is 0.849. The van der Waals surface area contributed by atoms with Gasteiger partial charge < -0.3 is 10.5 Å². The van der Waals surface area contributed by atoms with Crippen LogP contribution in [0.4, 0.5) is 0 Å². The molecule has 1 atom stereocenters. The van der Waals surface area contributed by atoms with Crippen LogP contribution < -0.4 is 5.73 Å². The lowest BCUT2D eigenvalue weighted by atomic mass is 10.1. The van der Waals surface area contributed by atoms with E-state index < -0.39 is 11.5 Å². The number of hydrogen-bond donors (Lipinski definition) is 1. The van der Waals surface area contributed by atoms with Gasteiger partial charge in [-0.15, -0.1) is 11.8 Å². The molecule has 0 spiro atoms. The molecule has 0 aliphatic heterocycles. The summed E-state index contributed by atoms with van der Waals surface area (Å²) in [5.41, 5.74) is 4.85. The Labute approximate surface area is 98.8 Å². The van der Waals surface area contributed by atoms with E-state index in [2.05, 4.69) is 9.97 Å². The van der Waals surface area contributed by atoms with E-state index in [0.717, 1.165) is 5.03 Å². The maximum Gasteiger partial charge on any atom is 0.326 e. The van der Waals surface area contributed by atoms with Gasteiger partial charge in [0.2, 0.25) is 0 Å². The fourth-order valence-corrected chi connectivity index (χ4v) is 1.78. The third-order valence-electron chi connectivity index (χ3n) is 1.80. The molecule has 5 nitrogen and oxygen atoms in total. The van der Waals surface area contributed by atoms with Gasteiger partial charge in [-0.05, 0) is 13.8 Å². The Morgan fingerprint density at radius 3 is 2.94 bits per heavy atom. The summed E-state index contributed by atoms with van der Waals surface area (Å²) in [6.07, 6.45) is 4.82. The lowest BCUT2D eigenvalue weighted by Crippen LogP contribution is -2.48. The minimum atomic E-state index is -1.00. The van der Waals surface area contributed by atoms with Gasteiger partial charge in [-0.25, -0.2) is 4.98 Å². The summed E-state index contributed by atoms with van der Waals surface area (Å²) in [7, 11) is 0. The van der Waals surface area contributed by atoms with Crippen LogP contribution in [0.1, 0.15) is 13.8 Å². The Hall–Kier alpha value is -1.14. The highest BCUT2D eigenvalue weighted by atomic mass is 32.2. The second-order valence-electron chi connectivity index (χ2n) is 3.47. The number of thioether (sulfide) groups is 1. The van der Waals surface area contributed by atoms with E-state index in [1.54, 1.807) is 32.4 Å². The quantitative estimate of drug-likeness (QED) is 0.608. The number of nitrogens with two attached hydrogens (primary N) is 1. The highest BCUT2D eigenvalue weighted by Crippen LogP contribution is 2.19. The second kappa shape index (κ2) is 5.81. The number of rotatable bonds is 5. The zero-order valence-corrected chi connectivity index (χ0v) is 10.2. The lowest BCUT2D eigenvalue weighted by Gasteiger charge is -2.21. The van der Waals surface area contributed by atoms with Crippen molar-refractivity contribution in [1.29, 1.82) is 0 Å². The summed E-state index contributed by atoms with van der Waals surface area (Å²) in [5, 5.41) is 0.739. The average Bonchev–Trinajstić information content (AvgIpc) is 2.28. The molecule has 2 N–H and O–H groups in total. The number of ether oxygens (including phenoxy) is 1. The van der Waals surface area contributed by atoms with Crippen molar-refractivity contribution in [3.05, 3.63) is 18.6 Å². The first-order valence-corrected chi connectivity index (χ1v) is 5.89. The van der Waals surface area contributed by atoms with Crippen molar-refractivity contribution >= 4 is 17.7 Å². The van der Waals surface area contributed by atoms with E-state index in [0.29, 0.717) is 12.4 Å². The van der Waals surface area contributed by atoms with Crippen molar-refractivity contribution in [3.8, 4) is 0 Å². The molecule has 6 heteroatoms. The van der Waals surface area contributed by atoms with Crippen molar-refractivity contribution in [2.75, 3.05) is 12.4 Å². The second-order valence-corrected chi connectivity index (χ2v) is 4.47. The Morgan fingerprint density at radius 2 is 2.38 bits per heavy atom. The largest absolute Gasteiger partial charge is 0.465 e. The zero-order chi connectivity index (χ0) is 12.0. The Balaban J connectivity index is 2.51. The SMILES string of the molecule is CCOC(=O)C(C)(N)CSc1cnccn1. The molecule has 1 rings (SSSR count).